The average Bonchev–Trinajstić information content (AvgIpc) is 3.05. The topological polar surface area (TPSA) is 73.8 Å². The molecule has 0 bridgehead atoms. The summed E-state index contributed by atoms with van der Waals surface area (Å²) in [6.45, 7) is 2.76. The van der Waals surface area contributed by atoms with E-state index in [4.69, 9.17) is 9.15 Å². The quantitative estimate of drug-likeness (QED) is 0.451. The van der Waals surface area contributed by atoms with Gasteiger partial charge in [0.05, 0.1) is 22.2 Å². The summed E-state index contributed by atoms with van der Waals surface area (Å²) in [6.07, 6.45) is 0. The number of ether oxygens (including phenoxy) is 1. The molecule has 0 saturated heterocycles. The number of nitrogens with zero attached hydrogens (tertiary/aromatic N) is 2. The molecular weight excluding hydrogens is 414 g/mol. The molecule has 4 aromatic rings. The highest BCUT2D eigenvalue weighted by molar-refractivity contribution is 7.16. The second-order valence-electron chi connectivity index (χ2n) is 6.36. The van der Waals surface area contributed by atoms with Gasteiger partial charge in [0.2, 0.25) is 0 Å². The lowest BCUT2D eigenvalue weighted by Crippen LogP contribution is -2.20. The van der Waals surface area contributed by atoms with Gasteiger partial charge in [-0.1, -0.05) is 23.5 Å². The minimum Gasteiger partial charge on any atom is -0.451 e. The van der Waals surface area contributed by atoms with Crippen LogP contribution in [0.1, 0.15) is 17.5 Å². The maximum Gasteiger partial charge on any atom is 0.315 e. The lowest BCUT2D eigenvalue weighted by atomic mass is 10.2. The van der Waals surface area contributed by atoms with Crippen LogP contribution in [0.5, 0.6) is 0 Å². The van der Waals surface area contributed by atoms with Crippen LogP contribution < -0.4 is 10.2 Å². The van der Waals surface area contributed by atoms with Crippen molar-refractivity contribution >= 4 is 38.4 Å². The molecule has 0 unspecified atom stereocenters. The van der Waals surface area contributed by atoms with E-state index < -0.39 is 17.5 Å². The summed E-state index contributed by atoms with van der Waals surface area (Å²) in [4.78, 5) is 29.1. The second-order valence-corrected chi connectivity index (χ2v) is 7.36. The molecule has 0 aliphatic rings. The third-order valence-electron chi connectivity index (χ3n) is 4.40. The predicted molar refractivity (Wildman–Crippen MR) is 109 cm³/mol. The van der Waals surface area contributed by atoms with Gasteiger partial charge < -0.3 is 13.7 Å². The van der Waals surface area contributed by atoms with Gasteiger partial charge in [0.25, 0.3) is 0 Å². The van der Waals surface area contributed by atoms with Gasteiger partial charge in [0, 0.05) is 25.3 Å². The van der Waals surface area contributed by atoms with Gasteiger partial charge in [-0.05, 0) is 25.1 Å². The molecule has 0 aliphatic heterocycles. The van der Waals surface area contributed by atoms with Crippen molar-refractivity contribution in [2.75, 3.05) is 13.2 Å². The first kappa shape index (κ1) is 20.1. The number of hydrogen-bond donors (Lipinski definition) is 0. The molecular formula is C21H16F2N2O4S. The van der Waals surface area contributed by atoms with E-state index in [0.29, 0.717) is 16.7 Å². The minimum absolute atomic E-state index is 0.132. The highest BCUT2D eigenvalue weighted by Gasteiger charge is 2.16. The van der Waals surface area contributed by atoms with Gasteiger partial charge in [0.1, 0.15) is 11.4 Å². The number of aromatic nitrogens is 1. The summed E-state index contributed by atoms with van der Waals surface area (Å²) < 4.78 is 40.7. The zero-order valence-corrected chi connectivity index (χ0v) is 16.7. The van der Waals surface area contributed by atoms with Gasteiger partial charge in [-0.25, -0.2) is 8.78 Å². The monoisotopic (exact) mass is 430 g/mol. The van der Waals surface area contributed by atoms with Gasteiger partial charge in [0.15, 0.2) is 21.8 Å². The van der Waals surface area contributed by atoms with E-state index in [1.165, 1.54) is 10.6 Å². The highest BCUT2D eigenvalue weighted by Crippen LogP contribution is 2.22. The molecule has 154 valence electrons. The van der Waals surface area contributed by atoms with Crippen molar-refractivity contribution in [1.82, 2.24) is 4.57 Å². The third-order valence-corrected chi connectivity index (χ3v) is 5.43. The number of carbonyl (C=O) groups excluding carboxylic acids is 1. The van der Waals surface area contributed by atoms with Gasteiger partial charge >= 0.3 is 5.91 Å². The van der Waals surface area contributed by atoms with E-state index in [1.807, 2.05) is 6.92 Å². The van der Waals surface area contributed by atoms with Crippen LogP contribution in [-0.4, -0.2) is 23.7 Å². The van der Waals surface area contributed by atoms with Gasteiger partial charge in [-0.15, -0.1) is 0 Å². The Morgan fingerprint density at radius 1 is 1.23 bits per heavy atom. The molecule has 6 nitrogen and oxygen atoms in total. The Morgan fingerprint density at radius 2 is 2.03 bits per heavy atom. The number of hydrogen-bond acceptors (Lipinski definition) is 5. The molecule has 0 saturated carbocycles. The van der Waals surface area contributed by atoms with Crippen LogP contribution in [0.2, 0.25) is 0 Å². The molecule has 0 atom stereocenters. The zero-order valence-electron chi connectivity index (χ0n) is 15.9. The number of fused-ring (bicyclic) bond motifs is 2. The number of carbonyl (C=O) groups is 1. The first-order chi connectivity index (χ1) is 14.5. The molecule has 0 aliphatic carbocycles. The summed E-state index contributed by atoms with van der Waals surface area (Å²) in [6, 6.07) is 9.58. The normalized spacial score (nSPS) is 12.2. The van der Waals surface area contributed by atoms with E-state index in [1.54, 1.807) is 24.3 Å². The number of halogens is 2. The maximum absolute atomic E-state index is 14.4. The van der Waals surface area contributed by atoms with Gasteiger partial charge in [-0.2, -0.15) is 4.99 Å². The van der Waals surface area contributed by atoms with E-state index in [-0.39, 0.29) is 40.2 Å². The molecule has 0 N–H and O–H groups in total. The van der Waals surface area contributed by atoms with Crippen molar-refractivity contribution in [3.05, 3.63) is 74.9 Å². The first-order valence-electron chi connectivity index (χ1n) is 9.16. The van der Waals surface area contributed by atoms with E-state index in [9.17, 15) is 18.4 Å². The first-order valence-corrected chi connectivity index (χ1v) is 9.97. The van der Waals surface area contributed by atoms with E-state index >= 15 is 0 Å². The Bertz CT molecular complexity index is 1390. The Kier molecular flexibility index (Phi) is 5.56. The standard InChI is InChI=1S/C21H16F2N2O4S/c1-2-28-8-7-25-19-14(23)9-12(22)10-18(19)30-21(25)24-20(27)17-11-15(26)13-5-3-4-6-16(13)29-17/h3-6,9-11H,2,7-8H2,1H3. The number of thiazole rings is 1. The van der Waals surface area contributed by atoms with Crippen LogP contribution in [0.25, 0.3) is 21.2 Å². The molecule has 2 aromatic heterocycles. The van der Waals surface area contributed by atoms with Crippen molar-refractivity contribution < 1.29 is 22.7 Å². The fraction of sp³-hybridized carbons (Fsp3) is 0.190. The van der Waals surface area contributed by atoms with Crippen LogP contribution >= 0.6 is 11.3 Å². The zero-order chi connectivity index (χ0) is 21.3. The van der Waals surface area contributed by atoms with Crippen molar-refractivity contribution in [3.63, 3.8) is 0 Å². The molecule has 0 fully saturated rings. The Hall–Kier alpha value is -3.17. The second kappa shape index (κ2) is 8.29. The highest BCUT2D eigenvalue weighted by atomic mass is 32.1. The third kappa shape index (κ3) is 3.81. The average molecular weight is 430 g/mol. The lowest BCUT2D eigenvalue weighted by molar-refractivity contribution is 0.0971. The summed E-state index contributed by atoms with van der Waals surface area (Å²) in [5.41, 5.74) is 0.0222. The molecule has 30 heavy (non-hydrogen) atoms. The lowest BCUT2D eigenvalue weighted by Gasteiger charge is -2.06. The predicted octanol–water partition coefficient (Wildman–Crippen LogP) is 3.87. The summed E-state index contributed by atoms with van der Waals surface area (Å²) in [5.74, 6) is -2.52. The van der Waals surface area contributed by atoms with Crippen molar-refractivity contribution in [3.8, 4) is 0 Å². The van der Waals surface area contributed by atoms with Crippen molar-refractivity contribution in [1.29, 1.82) is 0 Å². The van der Waals surface area contributed by atoms with Gasteiger partial charge in [-0.3, -0.25) is 9.59 Å². The fourth-order valence-corrected chi connectivity index (χ4v) is 4.17. The Labute approximate surface area is 172 Å². The van der Waals surface area contributed by atoms with Crippen LogP contribution in [0.4, 0.5) is 8.78 Å². The summed E-state index contributed by atoms with van der Waals surface area (Å²) in [7, 11) is 0. The van der Waals surface area contributed by atoms with Crippen LogP contribution in [0.15, 0.2) is 56.7 Å². The number of rotatable bonds is 5. The smallest absolute Gasteiger partial charge is 0.315 e. The van der Waals surface area contributed by atoms with Crippen LogP contribution in [0, 0.1) is 11.6 Å². The molecule has 2 heterocycles. The number of benzene rings is 2. The SMILES string of the molecule is CCOCCn1c(=NC(=O)c2cc(=O)c3ccccc3o2)sc2cc(F)cc(F)c21. The molecule has 9 heteroatoms. The molecule has 0 radical (unpaired) electrons. The summed E-state index contributed by atoms with van der Waals surface area (Å²) in [5, 5.41) is 0.347. The van der Waals surface area contributed by atoms with E-state index in [0.717, 1.165) is 23.5 Å². The number of amides is 1. The number of para-hydroxylation sites is 1. The maximum atomic E-state index is 14.4. The fourth-order valence-electron chi connectivity index (χ4n) is 3.07. The molecule has 4 rings (SSSR count). The Balaban J connectivity index is 1.85. The van der Waals surface area contributed by atoms with Crippen LogP contribution in [-0.2, 0) is 11.3 Å². The van der Waals surface area contributed by atoms with Crippen LogP contribution in [0.3, 0.4) is 0 Å². The molecule has 0 spiro atoms. The minimum atomic E-state index is -0.796. The Morgan fingerprint density at radius 3 is 2.83 bits per heavy atom. The molecule has 2 aromatic carbocycles. The summed E-state index contributed by atoms with van der Waals surface area (Å²) >= 11 is 0.961. The van der Waals surface area contributed by atoms with Crippen molar-refractivity contribution in [2.24, 2.45) is 4.99 Å². The van der Waals surface area contributed by atoms with E-state index in [2.05, 4.69) is 4.99 Å². The van der Waals surface area contributed by atoms with Crippen molar-refractivity contribution in [2.45, 2.75) is 13.5 Å². The molecule has 1 amide bonds. The largest absolute Gasteiger partial charge is 0.451 e.